The van der Waals surface area contributed by atoms with Crippen LogP contribution in [-0.4, -0.2) is 76.9 Å². The third kappa shape index (κ3) is 6.57. The molecule has 54 heavy (non-hydrogen) atoms. The molecule has 4 atom stereocenters. The number of carbonyl (C=O) groups is 1. The van der Waals surface area contributed by atoms with E-state index in [0.717, 1.165) is 33.5 Å². The lowest BCUT2D eigenvalue weighted by molar-refractivity contribution is 0.0476. The molecule has 0 spiro atoms. The van der Waals surface area contributed by atoms with Crippen molar-refractivity contribution in [2.45, 2.75) is 50.9 Å². The Kier molecular flexibility index (Phi) is 9.95. The molecule has 0 fully saturated rings. The summed E-state index contributed by atoms with van der Waals surface area (Å²) in [5.74, 6) is 0. The molecule has 280 valence electrons. The summed E-state index contributed by atoms with van der Waals surface area (Å²) >= 11 is 26.5. The molecule has 11 heteroatoms. The van der Waals surface area contributed by atoms with Gasteiger partial charge in [0.05, 0.1) is 44.3 Å². The maximum absolute atomic E-state index is 16.2. The highest BCUT2D eigenvalue weighted by Crippen LogP contribution is 2.49. The van der Waals surface area contributed by atoms with Crippen LogP contribution in [0.5, 0.6) is 0 Å². The summed E-state index contributed by atoms with van der Waals surface area (Å²) in [5.41, 5.74) is 10.9. The van der Waals surface area contributed by atoms with Crippen molar-refractivity contribution in [3.8, 4) is 0 Å². The number of benzene rings is 4. The third-order valence-electron chi connectivity index (χ3n) is 11.2. The number of amides is 2. The molecule has 2 aliphatic rings. The summed E-state index contributed by atoms with van der Waals surface area (Å²) in [7, 11) is 8.24. The van der Waals surface area contributed by atoms with Crippen molar-refractivity contribution in [3.63, 3.8) is 0 Å². The number of aromatic nitrogens is 2. The minimum absolute atomic E-state index is 0.0678. The zero-order valence-corrected chi connectivity index (χ0v) is 34.3. The van der Waals surface area contributed by atoms with Crippen molar-refractivity contribution in [2.24, 2.45) is 0 Å². The Hall–Kier alpha value is -3.69. The second-order valence-electron chi connectivity index (χ2n) is 15.6. The van der Waals surface area contributed by atoms with Gasteiger partial charge in [-0.25, -0.2) is 4.79 Å². The number of halogens is 4. The van der Waals surface area contributed by atoms with Gasteiger partial charge in [0.15, 0.2) is 0 Å². The van der Waals surface area contributed by atoms with E-state index in [-0.39, 0.29) is 30.2 Å². The van der Waals surface area contributed by atoms with Crippen molar-refractivity contribution in [3.05, 3.63) is 138 Å². The van der Waals surface area contributed by atoms with Gasteiger partial charge in [0.2, 0.25) is 0 Å². The molecule has 2 aromatic heterocycles. The van der Waals surface area contributed by atoms with E-state index in [1.807, 2.05) is 36.4 Å². The van der Waals surface area contributed by atoms with Crippen molar-refractivity contribution < 1.29 is 4.79 Å². The number of nitrogens with one attached hydrogen (secondary N) is 2. The standard InChI is InChI=1S/C43H44Cl4N6O/c1-23-7-13-35-27(15-23)29-19-37(25-9-11-31(44)33(46)17-25)52(39(21-50(3)4)41(29)48-35)43(54)53-38(26-10-12-32(45)34(47)18-26)20-30-28-16-24(2)8-14-36(28)49-42(30)40(53)22-51(5)6/h7-18,37-40,48-49H,19-22H2,1-6H3. The molecule has 0 aliphatic carbocycles. The quantitative estimate of drug-likeness (QED) is 0.176. The number of urea groups is 1. The van der Waals surface area contributed by atoms with Crippen molar-refractivity contribution in [2.75, 3.05) is 41.3 Å². The molecule has 2 N–H and O–H groups in total. The van der Waals surface area contributed by atoms with E-state index in [2.05, 4.69) is 108 Å². The van der Waals surface area contributed by atoms with Gasteiger partial charge in [0.25, 0.3) is 0 Å². The molecule has 2 aliphatic heterocycles. The van der Waals surface area contributed by atoms with E-state index in [9.17, 15) is 0 Å². The molecule has 4 unspecified atom stereocenters. The number of hydrogen-bond donors (Lipinski definition) is 2. The molecule has 2 amide bonds. The van der Waals surface area contributed by atoms with Gasteiger partial charge in [-0.1, -0.05) is 81.8 Å². The number of aromatic amines is 2. The molecule has 8 rings (SSSR count). The van der Waals surface area contributed by atoms with Crippen LogP contribution >= 0.6 is 46.4 Å². The molecule has 0 bridgehead atoms. The molecule has 6 aromatic rings. The lowest BCUT2D eigenvalue weighted by Crippen LogP contribution is -2.55. The number of likely N-dealkylation sites (N-methyl/N-ethyl adjacent to an activating group) is 2. The number of carbonyl (C=O) groups excluding carboxylic acids is 1. The predicted molar refractivity (Wildman–Crippen MR) is 224 cm³/mol. The molecular formula is C43H44Cl4N6O. The van der Waals surface area contributed by atoms with E-state index in [4.69, 9.17) is 46.4 Å². The smallest absolute Gasteiger partial charge is 0.322 e. The summed E-state index contributed by atoms with van der Waals surface area (Å²) in [6, 6.07) is 23.2. The third-order valence-corrected chi connectivity index (χ3v) is 12.6. The molecule has 4 heterocycles. The van der Waals surface area contributed by atoms with Crippen LogP contribution in [0.2, 0.25) is 20.1 Å². The van der Waals surface area contributed by atoms with E-state index >= 15 is 4.79 Å². The SMILES string of the molecule is Cc1ccc2[nH]c3c(c2c1)CC(c1ccc(Cl)c(Cl)c1)N(C(=O)N1C(c2ccc(Cl)c(Cl)c2)Cc2c([nH]c4ccc(C)cc24)C1CN(C)C)C3CN(C)C. The Morgan fingerprint density at radius 1 is 0.611 bits per heavy atom. The summed E-state index contributed by atoms with van der Waals surface area (Å²) < 4.78 is 0. The highest BCUT2D eigenvalue weighted by Gasteiger charge is 2.48. The Morgan fingerprint density at radius 2 is 1.02 bits per heavy atom. The van der Waals surface area contributed by atoms with Gasteiger partial charge in [-0.2, -0.15) is 0 Å². The van der Waals surface area contributed by atoms with Crippen LogP contribution in [0.25, 0.3) is 21.8 Å². The molecule has 0 saturated carbocycles. The Bertz CT molecular complexity index is 2250. The van der Waals surface area contributed by atoms with Gasteiger partial charge < -0.3 is 29.6 Å². The number of aryl methyl sites for hydroxylation is 2. The normalized spacial score (nSPS) is 20.0. The molecule has 0 radical (unpaired) electrons. The maximum Gasteiger partial charge on any atom is 0.322 e. The summed E-state index contributed by atoms with van der Waals surface area (Å²) in [4.78, 5) is 32.3. The van der Waals surface area contributed by atoms with Crippen LogP contribution < -0.4 is 0 Å². The zero-order chi connectivity index (χ0) is 38.2. The van der Waals surface area contributed by atoms with Crippen molar-refractivity contribution in [1.29, 1.82) is 0 Å². The second-order valence-corrected chi connectivity index (χ2v) is 17.2. The first kappa shape index (κ1) is 37.2. The first-order valence-electron chi connectivity index (χ1n) is 18.3. The van der Waals surface area contributed by atoms with Gasteiger partial charge in [0, 0.05) is 46.3 Å². The highest BCUT2D eigenvalue weighted by molar-refractivity contribution is 6.42. The number of H-pyrrole nitrogens is 2. The first-order chi connectivity index (χ1) is 25.8. The summed E-state index contributed by atoms with van der Waals surface area (Å²) in [6.45, 7) is 5.44. The maximum atomic E-state index is 16.2. The number of rotatable bonds is 6. The van der Waals surface area contributed by atoms with Crippen LogP contribution in [0.3, 0.4) is 0 Å². The lowest BCUT2D eigenvalue weighted by atomic mass is 9.85. The minimum atomic E-state index is -0.342. The van der Waals surface area contributed by atoms with Crippen molar-refractivity contribution >= 4 is 74.2 Å². The van der Waals surface area contributed by atoms with Crippen LogP contribution in [0.15, 0.2) is 72.8 Å². The average molecular weight is 803 g/mol. The van der Waals surface area contributed by atoms with Gasteiger partial charge in [-0.15, -0.1) is 0 Å². The molecular weight excluding hydrogens is 758 g/mol. The van der Waals surface area contributed by atoms with Crippen LogP contribution in [-0.2, 0) is 12.8 Å². The number of fused-ring (bicyclic) bond motifs is 6. The molecule has 7 nitrogen and oxygen atoms in total. The first-order valence-corrected chi connectivity index (χ1v) is 19.8. The second kappa shape index (κ2) is 14.4. The van der Waals surface area contributed by atoms with E-state index in [1.54, 1.807) is 0 Å². The summed E-state index contributed by atoms with van der Waals surface area (Å²) in [6.07, 6.45) is 1.21. The van der Waals surface area contributed by atoms with Crippen LogP contribution in [0, 0.1) is 13.8 Å². The largest absolute Gasteiger partial charge is 0.356 e. The zero-order valence-electron chi connectivity index (χ0n) is 31.3. The number of hydrogen-bond acceptors (Lipinski definition) is 3. The van der Waals surface area contributed by atoms with E-state index in [1.165, 1.54) is 33.0 Å². The van der Waals surface area contributed by atoms with E-state index in [0.29, 0.717) is 46.0 Å². The topological polar surface area (TPSA) is 61.6 Å². The monoisotopic (exact) mass is 800 g/mol. The Morgan fingerprint density at radius 3 is 1.39 bits per heavy atom. The summed E-state index contributed by atoms with van der Waals surface area (Å²) in [5, 5.41) is 4.24. The fourth-order valence-corrected chi connectivity index (χ4v) is 9.40. The number of nitrogens with zero attached hydrogens (tertiary/aromatic N) is 4. The Balaban J connectivity index is 1.37. The fourth-order valence-electron chi connectivity index (χ4n) is 8.78. The minimum Gasteiger partial charge on any atom is -0.356 e. The van der Waals surface area contributed by atoms with E-state index < -0.39 is 0 Å². The molecule has 0 saturated heterocycles. The van der Waals surface area contributed by atoms with Gasteiger partial charge in [-0.3, -0.25) is 0 Å². The van der Waals surface area contributed by atoms with Gasteiger partial charge >= 0.3 is 6.03 Å². The van der Waals surface area contributed by atoms with Gasteiger partial charge in [0.1, 0.15) is 0 Å². The van der Waals surface area contributed by atoms with Crippen LogP contribution in [0.4, 0.5) is 4.79 Å². The highest BCUT2D eigenvalue weighted by atomic mass is 35.5. The van der Waals surface area contributed by atoms with Crippen molar-refractivity contribution in [1.82, 2.24) is 29.6 Å². The van der Waals surface area contributed by atoms with Gasteiger partial charge in [-0.05, 0) is 126 Å². The average Bonchev–Trinajstić information content (AvgIpc) is 3.67. The predicted octanol–water partition coefficient (Wildman–Crippen LogP) is 11.1. The Labute approximate surface area is 336 Å². The molecule has 4 aromatic carbocycles. The van der Waals surface area contributed by atoms with Crippen LogP contribution in [0.1, 0.15) is 68.9 Å². The lowest BCUT2D eigenvalue weighted by Gasteiger charge is -2.50. The fraction of sp³-hybridized carbons (Fsp3) is 0.326.